The van der Waals surface area contributed by atoms with E-state index in [1.54, 1.807) is 20.8 Å². The molecular formula is C11H12BrClFNO2. The van der Waals surface area contributed by atoms with Gasteiger partial charge < -0.3 is 4.74 Å². The molecule has 0 saturated heterocycles. The van der Waals surface area contributed by atoms with Gasteiger partial charge in [-0.05, 0) is 48.8 Å². The summed E-state index contributed by atoms with van der Waals surface area (Å²) in [6.07, 6.45) is -0.727. The summed E-state index contributed by atoms with van der Waals surface area (Å²) in [6.45, 7) is 5.16. The van der Waals surface area contributed by atoms with Gasteiger partial charge in [-0.15, -0.1) is 0 Å². The van der Waals surface area contributed by atoms with Gasteiger partial charge in [-0.3, -0.25) is 5.32 Å². The maximum atomic E-state index is 13.6. The Balaban J connectivity index is 2.83. The van der Waals surface area contributed by atoms with Gasteiger partial charge in [-0.25, -0.2) is 9.18 Å². The number of nitrogens with one attached hydrogen (secondary N) is 1. The van der Waals surface area contributed by atoms with Gasteiger partial charge in [0.15, 0.2) is 5.82 Å². The highest BCUT2D eigenvalue weighted by Gasteiger charge is 2.18. The van der Waals surface area contributed by atoms with Crippen molar-refractivity contribution < 1.29 is 13.9 Å². The normalized spacial score (nSPS) is 11.2. The minimum absolute atomic E-state index is 0.0209. The van der Waals surface area contributed by atoms with Crippen LogP contribution >= 0.6 is 27.5 Å². The highest BCUT2D eigenvalue weighted by atomic mass is 79.9. The van der Waals surface area contributed by atoms with Crippen LogP contribution in [0.4, 0.5) is 14.9 Å². The highest BCUT2D eigenvalue weighted by molar-refractivity contribution is 9.10. The number of hydrogen-bond donors (Lipinski definition) is 1. The first-order valence-corrected chi connectivity index (χ1v) is 6.01. The van der Waals surface area contributed by atoms with Crippen LogP contribution in [0, 0.1) is 5.82 Å². The van der Waals surface area contributed by atoms with Gasteiger partial charge in [-0.2, -0.15) is 0 Å². The first-order valence-electron chi connectivity index (χ1n) is 4.84. The molecule has 0 fully saturated rings. The average Bonchev–Trinajstić information content (AvgIpc) is 2.16. The molecule has 1 N–H and O–H groups in total. The van der Waals surface area contributed by atoms with Crippen LogP contribution in [-0.2, 0) is 4.74 Å². The lowest BCUT2D eigenvalue weighted by molar-refractivity contribution is 0.0635. The summed E-state index contributed by atoms with van der Waals surface area (Å²) in [5, 5.41) is 2.21. The van der Waals surface area contributed by atoms with E-state index in [2.05, 4.69) is 21.2 Å². The van der Waals surface area contributed by atoms with Crippen LogP contribution in [0.3, 0.4) is 0 Å². The molecule has 1 amide bonds. The SMILES string of the molecule is CC(C)(C)OC(=O)Nc1ccc(Br)c(Cl)c1F. The second kappa shape index (κ2) is 5.23. The van der Waals surface area contributed by atoms with Crippen molar-refractivity contribution in [2.45, 2.75) is 26.4 Å². The minimum atomic E-state index is -0.727. The van der Waals surface area contributed by atoms with Crippen LogP contribution in [0.25, 0.3) is 0 Å². The fraction of sp³-hybridized carbons (Fsp3) is 0.364. The van der Waals surface area contributed by atoms with E-state index in [4.69, 9.17) is 16.3 Å². The molecule has 0 aromatic heterocycles. The maximum Gasteiger partial charge on any atom is 0.412 e. The molecule has 1 aromatic carbocycles. The fourth-order valence-electron chi connectivity index (χ4n) is 1.04. The number of carbonyl (C=O) groups is 1. The van der Waals surface area contributed by atoms with Gasteiger partial charge in [0.2, 0.25) is 0 Å². The summed E-state index contributed by atoms with van der Waals surface area (Å²) in [5.41, 5.74) is -0.660. The molecule has 17 heavy (non-hydrogen) atoms. The lowest BCUT2D eigenvalue weighted by atomic mass is 10.2. The van der Waals surface area contributed by atoms with E-state index in [-0.39, 0.29) is 10.7 Å². The van der Waals surface area contributed by atoms with Crippen molar-refractivity contribution >= 4 is 39.3 Å². The molecule has 3 nitrogen and oxygen atoms in total. The number of carbonyl (C=O) groups excluding carboxylic acids is 1. The van der Waals surface area contributed by atoms with E-state index in [9.17, 15) is 9.18 Å². The summed E-state index contributed by atoms with van der Waals surface area (Å²) < 4.78 is 19.0. The molecule has 0 radical (unpaired) electrons. The molecule has 0 aliphatic rings. The van der Waals surface area contributed by atoms with Gasteiger partial charge in [0.1, 0.15) is 5.60 Å². The number of amides is 1. The summed E-state index contributed by atoms with van der Waals surface area (Å²) in [5.74, 6) is -0.702. The van der Waals surface area contributed by atoms with Crippen molar-refractivity contribution in [2.75, 3.05) is 5.32 Å². The smallest absolute Gasteiger partial charge is 0.412 e. The number of benzene rings is 1. The van der Waals surface area contributed by atoms with E-state index in [1.807, 2.05) is 0 Å². The fourth-order valence-corrected chi connectivity index (χ4v) is 1.51. The topological polar surface area (TPSA) is 38.3 Å². The molecule has 0 bridgehead atoms. The van der Waals surface area contributed by atoms with Gasteiger partial charge >= 0.3 is 6.09 Å². The molecular weight excluding hydrogens is 312 g/mol. The molecule has 0 aliphatic carbocycles. The van der Waals surface area contributed by atoms with Crippen molar-refractivity contribution in [1.82, 2.24) is 0 Å². The van der Waals surface area contributed by atoms with E-state index in [0.29, 0.717) is 4.47 Å². The maximum absolute atomic E-state index is 13.6. The molecule has 0 unspecified atom stereocenters. The quantitative estimate of drug-likeness (QED) is 0.767. The first-order chi connectivity index (χ1) is 7.70. The zero-order chi connectivity index (χ0) is 13.2. The standard InChI is InChI=1S/C11H12BrClFNO2/c1-11(2,3)17-10(16)15-7-5-4-6(12)8(13)9(7)14/h4-5H,1-3H3,(H,15,16). The van der Waals surface area contributed by atoms with Gasteiger partial charge in [0.05, 0.1) is 10.7 Å². The van der Waals surface area contributed by atoms with Crippen LogP contribution in [0.2, 0.25) is 5.02 Å². The number of ether oxygens (including phenoxy) is 1. The summed E-state index contributed by atoms with van der Waals surface area (Å²) in [4.78, 5) is 11.4. The third-order valence-electron chi connectivity index (χ3n) is 1.67. The minimum Gasteiger partial charge on any atom is -0.444 e. The molecule has 6 heteroatoms. The molecule has 0 spiro atoms. The molecule has 0 aliphatic heterocycles. The average molecular weight is 325 g/mol. The Kier molecular flexibility index (Phi) is 4.38. The van der Waals surface area contributed by atoms with Gasteiger partial charge in [0.25, 0.3) is 0 Å². The van der Waals surface area contributed by atoms with E-state index in [1.165, 1.54) is 12.1 Å². The Hall–Kier alpha value is -0.810. The second-order valence-corrected chi connectivity index (χ2v) is 5.58. The highest BCUT2D eigenvalue weighted by Crippen LogP contribution is 2.30. The van der Waals surface area contributed by atoms with Crippen LogP contribution in [0.5, 0.6) is 0 Å². The summed E-state index contributed by atoms with van der Waals surface area (Å²) >= 11 is 8.76. The van der Waals surface area contributed by atoms with Crippen molar-refractivity contribution in [3.63, 3.8) is 0 Å². The van der Waals surface area contributed by atoms with E-state index in [0.717, 1.165) is 0 Å². The molecule has 1 rings (SSSR count). The van der Waals surface area contributed by atoms with Gasteiger partial charge in [0, 0.05) is 4.47 Å². The molecule has 0 heterocycles. The molecule has 0 atom stereocenters. The van der Waals surface area contributed by atoms with Crippen molar-refractivity contribution in [1.29, 1.82) is 0 Å². The van der Waals surface area contributed by atoms with Crippen LogP contribution in [-0.4, -0.2) is 11.7 Å². The Morgan fingerprint density at radius 3 is 2.59 bits per heavy atom. The van der Waals surface area contributed by atoms with Crippen molar-refractivity contribution in [3.05, 3.63) is 27.4 Å². The molecule has 94 valence electrons. The number of halogens is 3. The number of hydrogen-bond acceptors (Lipinski definition) is 2. The first kappa shape index (κ1) is 14.3. The monoisotopic (exact) mass is 323 g/mol. The van der Waals surface area contributed by atoms with Gasteiger partial charge in [-0.1, -0.05) is 11.6 Å². The van der Waals surface area contributed by atoms with Crippen LogP contribution < -0.4 is 5.32 Å². The van der Waals surface area contributed by atoms with Crippen LogP contribution in [0.15, 0.2) is 16.6 Å². The Bertz CT molecular complexity index is 446. The second-order valence-electron chi connectivity index (χ2n) is 4.35. The number of rotatable bonds is 1. The third kappa shape index (κ3) is 4.16. The predicted molar refractivity (Wildman–Crippen MR) is 69.0 cm³/mol. The number of anilines is 1. The Labute approximate surface area is 112 Å². The third-order valence-corrected chi connectivity index (χ3v) is 2.93. The molecule has 0 saturated carbocycles. The summed E-state index contributed by atoms with van der Waals surface area (Å²) in [7, 11) is 0. The zero-order valence-electron chi connectivity index (χ0n) is 9.61. The Morgan fingerprint density at radius 2 is 2.06 bits per heavy atom. The predicted octanol–water partition coefficient (Wildman–Crippen LogP) is 4.59. The van der Waals surface area contributed by atoms with Crippen molar-refractivity contribution in [3.8, 4) is 0 Å². The largest absolute Gasteiger partial charge is 0.444 e. The van der Waals surface area contributed by atoms with Crippen LogP contribution in [0.1, 0.15) is 20.8 Å². The zero-order valence-corrected chi connectivity index (χ0v) is 11.9. The van der Waals surface area contributed by atoms with Crippen molar-refractivity contribution in [2.24, 2.45) is 0 Å². The van der Waals surface area contributed by atoms with E-state index < -0.39 is 17.5 Å². The lowest BCUT2D eigenvalue weighted by Gasteiger charge is -2.20. The van der Waals surface area contributed by atoms with E-state index >= 15 is 0 Å². The molecule has 1 aromatic rings. The Morgan fingerprint density at radius 1 is 1.47 bits per heavy atom. The lowest BCUT2D eigenvalue weighted by Crippen LogP contribution is -2.27. The summed E-state index contributed by atoms with van der Waals surface area (Å²) in [6, 6.07) is 2.94.